The van der Waals surface area contributed by atoms with Crippen molar-refractivity contribution in [3.63, 3.8) is 0 Å². The number of carbonyl (C=O) groups is 1. The molecule has 0 bridgehead atoms. The van der Waals surface area contributed by atoms with Crippen LogP contribution in [0.1, 0.15) is 18.4 Å². The average Bonchev–Trinajstić information content (AvgIpc) is 2.73. The van der Waals surface area contributed by atoms with Gasteiger partial charge < -0.3 is 10.4 Å². The van der Waals surface area contributed by atoms with Crippen molar-refractivity contribution < 1.29 is 18.3 Å². The molecule has 0 atom stereocenters. The van der Waals surface area contributed by atoms with Crippen LogP contribution in [0.15, 0.2) is 21.5 Å². The molecule has 110 valence electrons. The SMILES string of the molecule is O=C1Cc2cc(S(=O)(=O)NCCCCO)c(Br)cc2N1. The van der Waals surface area contributed by atoms with Gasteiger partial charge in [0.05, 0.1) is 11.3 Å². The molecule has 1 aliphatic heterocycles. The Morgan fingerprint density at radius 2 is 2.10 bits per heavy atom. The summed E-state index contributed by atoms with van der Waals surface area (Å²) >= 11 is 3.22. The van der Waals surface area contributed by atoms with Crippen LogP contribution < -0.4 is 10.0 Å². The molecular weight excluding hydrogens is 348 g/mol. The number of anilines is 1. The van der Waals surface area contributed by atoms with Crippen LogP contribution in [0.5, 0.6) is 0 Å². The Labute approximate surface area is 125 Å². The predicted molar refractivity (Wildman–Crippen MR) is 78.0 cm³/mol. The lowest BCUT2D eigenvalue weighted by Crippen LogP contribution is -2.25. The van der Waals surface area contributed by atoms with Crippen LogP contribution in [0.3, 0.4) is 0 Å². The summed E-state index contributed by atoms with van der Waals surface area (Å²) in [6.45, 7) is 0.307. The average molecular weight is 363 g/mol. The molecule has 0 spiro atoms. The van der Waals surface area contributed by atoms with E-state index in [0.717, 1.165) is 0 Å². The molecule has 3 N–H and O–H groups in total. The van der Waals surface area contributed by atoms with Crippen molar-refractivity contribution in [2.75, 3.05) is 18.5 Å². The molecule has 1 amide bonds. The first-order chi connectivity index (χ1) is 9.44. The highest BCUT2D eigenvalue weighted by Gasteiger charge is 2.24. The fourth-order valence-electron chi connectivity index (χ4n) is 1.95. The molecule has 1 heterocycles. The summed E-state index contributed by atoms with van der Waals surface area (Å²) in [6.07, 6.45) is 1.31. The van der Waals surface area contributed by atoms with Gasteiger partial charge in [-0.3, -0.25) is 4.79 Å². The minimum atomic E-state index is -3.63. The van der Waals surface area contributed by atoms with E-state index < -0.39 is 10.0 Å². The van der Waals surface area contributed by atoms with Crippen LogP contribution in [0.25, 0.3) is 0 Å². The van der Waals surface area contributed by atoms with Gasteiger partial charge in [-0.2, -0.15) is 0 Å². The maximum absolute atomic E-state index is 12.2. The fraction of sp³-hybridized carbons (Fsp3) is 0.417. The third-order valence-corrected chi connectivity index (χ3v) is 5.37. The van der Waals surface area contributed by atoms with Gasteiger partial charge in [-0.1, -0.05) is 0 Å². The molecule has 0 saturated heterocycles. The Hall–Kier alpha value is -0.960. The van der Waals surface area contributed by atoms with Crippen molar-refractivity contribution in [2.45, 2.75) is 24.2 Å². The van der Waals surface area contributed by atoms with E-state index in [1.54, 1.807) is 6.07 Å². The van der Waals surface area contributed by atoms with Gasteiger partial charge in [0.15, 0.2) is 0 Å². The molecule has 6 nitrogen and oxygen atoms in total. The third-order valence-electron chi connectivity index (χ3n) is 2.95. The molecule has 1 aromatic carbocycles. The van der Waals surface area contributed by atoms with Gasteiger partial charge >= 0.3 is 0 Å². The van der Waals surface area contributed by atoms with Gasteiger partial charge in [-0.15, -0.1) is 0 Å². The van der Waals surface area contributed by atoms with Gasteiger partial charge in [0.25, 0.3) is 0 Å². The Bertz CT molecular complexity index is 631. The minimum Gasteiger partial charge on any atom is -0.396 e. The summed E-state index contributed by atoms with van der Waals surface area (Å²) in [5.41, 5.74) is 1.31. The van der Waals surface area contributed by atoms with E-state index in [1.807, 2.05) is 0 Å². The van der Waals surface area contributed by atoms with E-state index in [1.165, 1.54) is 6.07 Å². The minimum absolute atomic E-state index is 0.0397. The molecule has 1 aliphatic rings. The molecule has 0 fully saturated rings. The zero-order valence-electron chi connectivity index (χ0n) is 10.6. The maximum Gasteiger partial charge on any atom is 0.241 e. The van der Waals surface area contributed by atoms with E-state index in [2.05, 4.69) is 26.0 Å². The highest BCUT2D eigenvalue weighted by molar-refractivity contribution is 9.10. The number of aliphatic hydroxyl groups excluding tert-OH is 1. The lowest BCUT2D eigenvalue weighted by molar-refractivity contribution is -0.115. The second-order valence-corrected chi connectivity index (χ2v) is 7.08. The second-order valence-electron chi connectivity index (χ2n) is 4.49. The number of halogens is 1. The van der Waals surface area contributed by atoms with E-state index in [9.17, 15) is 13.2 Å². The standard InChI is InChI=1S/C12H15BrN2O4S/c13-9-7-10-8(6-12(17)15-10)5-11(9)20(18,19)14-3-1-2-4-16/h5,7,14,16H,1-4,6H2,(H,15,17). The molecular formula is C12H15BrN2O4S. The summed E-state index contributed by atoms with van der Waals surface area (Å²) in [5.74, 6) is -0.141. The third kappa shape index (κ3) is 3.38. The Balaban J connectivity index is 2.20. The lowest BCUT2D eigenvalue weighted by Gasteiger charge is -2.10. The smallest absolute Gasteiger partial charge is 0.241 e. The number of carbonyl (C=O) groups excluding carboxylic acids is 1. The van der Waals surface area contributed by atoms with E-state index in [4.69, 9.17) is 5.11 Å². The number of aliphatic hydroxyl groups is 1. The van der Waals surface area contributed by atoms with Crippen molar-refractivity contribution >= 4 is 37.5 Å². The fourth-order valence-corrected chi connectivity index (χ4v) is 4.12. The van der Waals surface area contributed by atoms with Gasteiger partial charge in [0.2, 0.25) is 15.9 Å². The number of amides is 1. The summed E-state index contributed by atoms with van der Waals surface area (Å²) in [7, 11) is -3.63. The highest BCUT2D eigenvalue weighted by atomic mass is 79.9. The van der Waals surface area contributed by atoms with Crippen LogP contribution in [0.4, 0.5) is 5.69 Å². The number of sulfonamides is 1. The summed E-state index contributed by atoms with van der Waals surface area (Å²) < 4.78 is 27.3. The van der Waals surface area contributed by atoms with Crippen molar-refractivity contribution in [2.24, 2.45) is 0 Å². The van der Waals surface area contributed by atoms with Gasteiger partial charge in [0.1, 0.15) is 0 Å². The Morgan fingerprint density at radius 3 is 2.80 bits per heavy atom. The molecule has 0 unspecified atom stereocenters. The van der Waals surface area contributed by atoms with Crippen LogP contribution >= 0.6 is 15.9 Å². The summed E-state index contributed by atoms with van der Waals surface area (Å²) in [6, 6.07) is 3.11. The van der Waals surface area contributed by atoms with Crippen LogP contribution in [0, 0.1) is 0 Å². The second kappa shape index (κ2) is 6.21. The quantitative estimate of drug-likeness (QED) is 0.657. The van der Waals surface area contributed by atoms with Crippen LogP contribution in [-0.2, 0) is 21.2 Å². The van der Waals surface area contributed by atoms with Crippen molar-refractivity contribution in [3.8, 4) is 0 Å². The first-order valence-corrected chi connectivity index (χ1v) is 8.44. The monoisotopic (exact) mass is 362 g/mol. The number of fused-ring (bicyclic) bond motifs is 1. The van der Waals surface area contributed by atoms with Crippen LogP contribution in [0.2, 0.25) is 0 Å². The largest absolute Gasteiger partial charge is 0.396 e. The number of benzene rings is 1. The van der Waals surface area contributed by atoms with Gasteiger partial charge in [0, 0.05) is 23.3 Å². The Morgan fingerprint density at radius 1 is 1.35 bits per heavy atom. The zero-order valence-corrected chi connectivity index (χ0v) is 13.1. The number of rotatable bonds is 6. The van der Waals surface area contributed by atoms with Crippen molar-refractivity contribution in [1.29, 1.82) is 0 Å². The number of hydrogen-bond donors (Lipinski definition) is 3. The molecule has 8 heteroatoms. The van der Waals surface area contributed by atoms with E-state index in [-0.39, 0.29) is 30.4 Å². The first kappa shape index (κ1) is 15.4. The first-order valence-electron chi connectivity index (χ1n) is 6.17. The van der Waals surface area contributed by atoms with Crippen molar-refractivity contribution in [3.05, 3.63) is 22.2 Å². The molecule has 0 aliphatic carbocycles. The molecule has 2 rings (SSSR count). The molecule has 0 saturated carbocycles. The van der Waals surface area contributed by atoms with E-state index in [0.29, 0.717) is 28.6 Å². The van der Waals surface area contributed by atoms with E-state index >= 15 is 0 Å². The van der Waals surface area contributed by atoms with Crippen molar-refractivity contribution in [1.82, 2.24) is 4.72 Å². The topological polar surface area (TPSA) is 95.5 Å². The molecule has 0 radical (unpaired) electrons. The zero-order chi connectivity index (χ0) is 14.8. The maximum atomic E-state index is 12.2. The normalized spacial score (nSPS) is 14.2. The summed E-state index contributed by atoms with van der Waals surface area (Å²) in [5, 5.41) is 11.3. The Kier molecular flexibility index (Phi) is 4.79. The summed E-state index contributed by atoms with van der Waals surface area (Å²) in [4.78, 5) is 11.4. The number of unbranched alkanes of at least 4 members (excludes halogenated alkanes) is 1. The molecule has 0 aromatic heterocycles. The molecule has 1 aromatic rings. The highest BCUT2D eigenvalue weighted by Crippen LogP contribution is 2.32. The number of hydrogen-bond acceptors (Lipinski definition) is 4. The predicted octanol–water partition coefficient (Wildman–Crippen LogP) is 0.994. The van der Waals surface area contributed by atoms with Gasteiger partial charge in [-0.25, -0.2) is 13.1 Å². The lowest BCUT2D eigenvalue weighted by atomic mass is 10.2. The van der Waals surface area contributed by atoms with Gasteiger partial charge in [-0.05, 0) is 46.5 Å². The van der Waals surface area contributed by atoms with Crippen LogP contribution in [-0.4, -0.2) is 32.6 Å². The molecule has 20 heavy (non-hydrogen) atoms. The number of nitrogens with one attached hydrogen (secondary N) is 2.